The summed E-state index contributed by atoms with van der Waals surface area (Å²) >= 11 is 9.81. The van der Waals surface area contributed by atoms with Gasteiger partial charge in [0.15, 0.2) is 0 Å². The highest BCUT2D eigenvalue weighted by atomic mass is 79.9. The predicted octanol–water partition coefficient (Wildman–Crippen LogP) is 4.46. The average Bonchev–Trinajstić information content (AvgIpc) is 2.43. The van der Waals surface area contributed by atoms with E-state index in [9.17, 15) is 0 Å². The van der Waals surface area contributed by atoms with Gasteiger partial charge in [0.05, 0.1) is 5.69 Å². The third-order valence-electron chi connectivity index (χ3n) is 4.35. The van der Waals surface area contributed by atoms with Crippen molar-refractivity contribution in [3.8, 4) is 0 Å². The number of hydrogen-bond donors (Lipinski definition) is 1. The van der Waals surface area contributed by atoms with Gasteiger partial charge in [-0.1, -0.05) is 25.4 Å². The van der Waals surface area contributed by atoms with Crippen LogP contribution in [-0.4, -0.2) is 24.7 Å². The Morgan fingerprint density at radius 3 is 2.74 bits per heavy atom. The standard InChI is InChI=1S/C15H22BrClN2/c1-4-15(5-2)10-19(11(3)9-18-15)14-8-12(17)6-7-13(14)16/h6-8,11,18H,4-5,9-10H2,1-3H3. The molecule has 1 fully saturated rings. The minimum Gasteiger partial charge on any atom is -0.365 e. The molecular formula is C15H22BrClN2. The first kappa shape index (κ1) is 15.1. The van der Waals surface area contributed by atoms with Crippen LogP contribution in [0, 0.1) is 0 Å². The van der Waals surface area contributed by atoms with Crippen LogP contribution in [0.25, 0.3) is 0 Å². The summed E-state index contributed by atoms with van der Waals surface area (Å²) < 4.78 is 1.12. The molecule has 106 valence electrons. The fraction of sp³-hybridized carbons (Fsp3) is 0.600. The van der Waals surface area contributed by atoms with Crippen LogP contribution < -0.4 is 10.2 Å². The molecule has 0 spiro atoms. The van der Waals surface area contributed by atoms with E-state index in [1.807, 2.05) is 12.1 Å². The second-order valence-electron chi connectivity index (χ2n) is 5.44. The predicted molar refractivity (Wildman–Crippen MR) is 87.3 cm³/mol. The van der Waals surface area contributed by atoms with Crippen molar-refractivity contribution in [2.45, 2.75) is 45.2 Å². The molecule has 1 N–H and O–H groups in total. The van der Waals surface area contributed by atoms with Crippen molar-refractivity contribution in [3.63, 3.8) is 0 Å². The van der Waals surface area contributed by atoms with Crippen molar-refractivity contribution < 1.29 is 0 Å². The van der Waals surface area contributed by atoms with E-state index in [1.54, 1.807) is 0 Å². The summed E-state index contributed by atoms with van der Waals surface area (Å²) in [6, 6.07) is 6.49. The second kappa shape index (κ2) is 6.02. The largest absolute Gasteiger partial charge is 0.365 e. The Labute approximate surface area is 129 Å². The van der Waals surface area contributed by atoms with E-state index in [0.717, 1.165) is 35.4 Å². The van der Waals surface area contributed by atoms with Gasteiger partial charge in [0, 0.05) is 34.2 Å². The van der Waals surface area contributed by atoms with E-state index >= 15 is 0 Å². The molecule has 1 aliphatic heterocycles. The van der Waals surface area contributed by atoms with Crippen molar-refractivity contribution in [2.75, 3.05) is 18.0 Å². The van der Waals surface area contributed by atoms with Crippen LogP contribution in [0.2, 0.25) is 5.02 Å². The Morgan fingerprint density at radius 2 is 2.11 bits per heavy atom. The van der Waals surface area contributed by atoms with E-state index in [1.165, 1.54) is 5.69 Å². The lowest BCUT2D eigenvalue weighted by molar-refractivity contribution is 0.253. The molecule has 1 unspecified atom stereocenters. The molecule has 2 nitrogen and oxygen atoms in total. The number of rotatable bonds is 3. The smallest absolute Gasteiger partial charge is 0.0529 e. The summed E-state index contributed by atoms with van der Waals surface area (Å²) in [4.78, 5) is 2.47. The Bertz CT molecular complexity index is 446. The summed E-state index contributed by atoms with van der Waals surface area (Å²) in [6.07, 6.45) is 2.29. The molecule has 1 saturated heterocycles. The summed E-state index contributed by atoms with van der Waals surface area (Å²) in [5.41, 5.74) is 1.42. The monoisotopic (exact) mass is 344 g/mol. The summed E-state index contributed by atoms with van der Waals surface area (Å²) in [7, 11) is 0. The zero-order valence-electron chi connectivity index (χ0n) is 11.8. The summed E-state index contributed by atoms with van der Waals surface area (Å²) in [5.74, 6) is 0. The van der Waals surface area contributed by atoms with Gasteiger partial charge in [-0.2, -0.15) is 0 Å². The van der Waals surface area contributed by atoms with Crippen LogP contribution in [0.1, 0.15) is 33.6 Å². The molecule has 0 radical (unpaired) electrons. The van der Waals surface area contributed by atoms with Gasteiger partial charge in [-0.25, -0.2) is 0 Å². The van der Waals surface area contributed by atoms with Crippen LogP contribution in [0.15, 0.2) is 22.7 Å². The Hall–Kier alpha value is -0.250. The van der Waals surface area contributed by atoms with Gasteiger partial charge in [-0.15, -0.1) is 0 Å². The van der Waals surface area contributed by atoms with Gasteiger partial charge in [-0.3, -0.25) is 0 Å². The summed E-state index contributed by atoms with van der Waals surface area (Å²) in [5, 5.41) is 4.52. The fourth-order valence-electron chi connectivity index (χ4n) is 2.76. The molecule has 4 heteroatoms. The van der Waals surface area contributed by atoms with E-state index < -0.39 is 0 Å². The lowest BCUT2D eigenvalue weighted by atomic mass is 9.88. The Morgan fingerprint density at radius 1 is 1.42 bits per heavy atom. The van der Waals surface area contributed by atoms with Gasteiger partial charge in [0.25, 0.3) is 0 Å². The molecule has 1 aromatic carbocycles. The molecule has 1 heterocycles. The van der Waals surface area contributed by atoms with E-state index in [0.29, 0.717) is 6.04 Å². The number of nitrogens with zero attached hydrogens (tertiary/aromatic N) is 1. The normalized spacial score (nSPS) is 22.6. The molecule has 1 aromatic rings. The number of piperazine rings is 1. The highest BCUT2D eigenvalue weighted by Crippen LogP contribution is 2.34. The minimum atomic E-state index is 0.217. The van der Waals surface area contributed by atoms with Crippen molar-refractivity contribution in [3.05, 3.63) is 27.7 Å². The fourth-order valence-corrected chi connectivity index (χ4v) is 3.41. The van der Waals surface area contributed by atoms with Crippen LogP contribution in [-0.2, 0) is 0 Å². The third kappa shape index (κ3) is 3.09. The minimum absolute atomic E-state index is 0.217. The number of anilines is 1. The van der Waals surface area contributed by atoms with Crippen LogP contribution in [0.5, 0.6) is 0 Å². The maximum atomic E-state index is 6.16. The second-order valence-corrected chi connectivity index (χ2v) is 6.73. The van der Waals surface area contributed by atoms with Crippen LogP contribution in [0.3, 0.4) is 0 Å². The zero-order chi connectivity index (χ0) is 14.0. The molecule has 0 aromatic heterocycles. The number of benzene rings is 1. The quantitative estimate of drug-likeness (QED) is 0.870. The lowest BCUT2D eigenvalue weighted by Crippen LogP contribution is -2.63. The van der Waals surface area contributed by atoms with E-state index in [4.69, 9.17) is 11.6 Å². The van der Waals surface area contributed by atoms with Gasteiger partial charge < -0.3 is 10.2 Å². The molecule has 2 rings (SSSR count). The van der Waals surface area contributed by atoms with Gasteiger partial charge in [0.1, 0.15) is 0 Å². The summed E-state index contributed by atoms with van der Waals surface area (Å²) in [6.45, 7) is 8.83. The van der Waals surface area contributed by atoms with E-state index in [2.05, 4.69) is 53.0 Å². The van der Waals surface area contributed by atoms with Gasteiger partial charge in [-0.05, 0) is 53.9 Å². The molecule has 0 aliphatic carbocycles. The molecule has 1 aliphatic rings. The Kier molecular flexibility index (Phi) is 4.80. The average molecular weight is 346 g/mol. The van der Waals surface area contributed by atoms with Crippen molar-refractivity contribution in [1.29, 1.82) is 0 Å². The highest BCUT2D eigenvalue weighted by molar-refractivity contribution is 9.10. The first-order valence-electron chi connectivity index (χ1n) is 6.98. The zero-order valence-corrected chi connectivity index (χ0v) is 14.2. The first-order valence-corrected chi connectivity index (χ1v) is 8.15. The Balaban J connectivity index is 2.33. The van der Waals surface area contributed by atoms with Crippen molar-refractivity contribution in [1.82, 2.24) is 5.32 Å². The molecule has 0 saturated carbocycles. The topological polar surface area (TPSA) is 15.3 Å². The maximum absolute atomic E-state index is 6.16. The van der Waals surface area contributed by atoms with E-state index in [-0.39, 0.29) is 5.54 Å². The van der Waals surface area contributed by atoms with Gasteiger partial charge in [0.2, 0.25) is 0 Å². The maximum Gasteiger partial charge on any atom is 0.0529 e. The van der Waals surface area contributed by atoms with Crippen molar-refractivity contribution >= 4 is 33.2 Å². The van der Waals surface area contributed by atoms with Crippen LogP contribution in [0.4, 0.5) is 5.69 Å². The van der Waals surface area contributed by atoms with Crippen molar-refractivity contribution in [2.24, 2.45) is 0 Å². The first-order chi connectivity index (χ1) is 9.01. The molecule has 1 atom stereocenters. The van der Waals surface area contributed by atoms with Gasteiger partial charge >= 0.3 is 0 Å². The molecule has 19 heavy (non-hydrogen) atoms. The molecule has 0 amide bonds. The SMILES string of the molecule is CCC1(CC)CN(c2cc(Cl)ccc2Br)C(C)CN1. The third-order valence-corrected chi connectivity index (χ3v) is 5.25. The molecule has 0 bridgehead atoms. The number of halogens is 2. The number of nitrogens with one attached hydrogen (secondary N) is 1. The molecular weight excluding hydrogens is 324 g/mol. The lowest BCUT2D eigenvalue weighted by Gasteiger charge is -2.48. The number of hydrogen-bond acceptors (Lipinski definition) is 2. The van der Waals surface area contributed by atoms with Crippen LogP contribution >= 0.6 is 27.5 Å². The highest BCUT2D eigenvalue weighted by Gasteiger charge is 2.35.